The van der Waals surface area contributed by atoms with Crippen LogP contribution >= 0.6 is 0 Å². The molecule has 0 aromatic carbocycles. The van der Waals surface area contributed by atoms with Gasteiger partial charge in [-0.1, -0.05) is 53.9 Å². The van der Waals surface area contributed by atoms with Crippen LogP contribution in [0.1, 0.15) is 40.5 Å². The maximum atomic E-state index is 3.02. The molecule has 102 valence electrons. The fourth-order valence-corrected chi connectivity index (χ4v) is 26.4. The minimum atomic E-state index is -1.16. The molecule has 1 saturated heterocycles. The molecule has 1 heterocycles. The molecule has 2 unspecified atom stereocenters. The summed E-state index contributed by atoms with van der Waals surface area (Å²) in [5.41, 5.74) is 0. The van der Waals surface area contributed by atoms with Crippen LogP contribution < -0.4 is 0 Å². The number of hydrogen-bond donors (Lipinski definition) is 0. The minimum Gasteiger partial charge on any atom is -0.337 e. The summed E-state index contributed by atoms with van der Waals surface area (Å²) >= 11 is 0. The van der Waals surface area contributed by atoms with E-state index in [1.54, 1.807) is 0 Å². The molecule has 0 radical (unpaired) electrons. The molecule has 0 saturated carbocycles. The topological polar surface area (TPSA) is 6.48 Å². The van der Waals surface area contributed by atoms with Crippen molar-refractivity contribution < 1.29 is 0 Å². The lowest BCUT2D eigenvalue weighted by Gasteiger charge is -2.43. The van der Waals surface area contributed by atoms with Gasteiger partial charge in [-0.15, -0.1) is 0 Å². The molecule has 2 nitrogen and oxygen atoms in total. The van der Waals surface area contributed by atoms with Crippen LogP contribution in [0.15, 0.2) is 0 Å². The first-order valence-corrected chi connectivity index (χ1v) is 15.4. The first-order chi connectivity index (χ1) is 7.70. The largest absolute Gasteiger partial charge is 0.337 e. The maximum Gasteiger partial charge on any atom is 0.159 e. The van der Waals surface area contributed by atoms with Crippen molar-refractivity contribution in [1.29, 1.82) is 0 Å². The van der Waals surface area contributed by atoms with Crippen LogP contribution in [0.3, 0.4) is 0 Å². The molecule has 2 atom stereocenters. The summed E-state index contributed by atoms with van der Waals surface area (Å²) in [6.07, 6.45) is 2.64. The van der Waals surface area contributed by atoms with Gasteiger partial charge in [0.2, 0.25) is 0 Å². The quantitative estimate of drug-likeness (QED) is 0.734. The van der Waals surface area contributed by atoms with E-state index in [0.717, 1.165) is 12.1 Å². The fourth-order valence-electron chi connectivity index (χ4n) is 3.04. The molecule has 0 bridgehead atoms. The van der Waals surface area contributed by atoms with Gasteiger partial charge < -0.3 is 8.46 Å². The molecule has 0 spiro atoms. The van der Waals surface area contributed by atoms with Crippen molar-refractivity contribution in [2.75, 3.05) is 0 Å². The summed E-state index contributed by atoms with van der Waals surface area (Å²) in [5, 5.41) is 0. The van der Waals surface area contributed by atoms with Crippen molar-refractivity contribution >= 4 is 25.3 Å². The Hall–Kier alpha value is 0.571. The standard InChI is InChI=1S/C12H32N2Si3/c1-9-11(3)13-15-14(12(4)10-2)17(7,8)16(13,5)6/h11-12H,9-10,15H2,1-8H3. The Kier molecular flexibility index (Phi) is 4.86. The van der Waals surface area contributed by atoms with Crippen molar-refractivity contribution in [1.82, 2.24) is 8.46 Å². The Morgan fingerprint density at radius 1 is 0.824 bits per heavy atom. The predicted molar refractivity (Wildman–Crippen MR) is 86.7 cm³/mol. The molecule has 0 aliphatic carbocycles. The van der Waals surface area contributed by atoms with Gasteiger partial charge >= 0.3 is 0 Å². The lowest BCUT2D eigenvalue weighted by atomic mass is 10.3. The van der Waals surface area contributed by atoms with Crippen molar-refractivity contribution in [2.24, 2.45) is 0 Å². The van der Waals surface area contributed by atoms with Gasteiger partial charge in [0.05, 0.1) is 0 Å². The number of nitrogens with zero attached hydrogens (tertiary/aromatic N) is 2. The van der Waals surface area contributed by atoms with Crippen LogP contribution in [0.25, 0.3) is 0 Å². The molecule has 1 rings (SSSR count). The predicted octanol–water partition coefficient (Wildman–Crippen LogP) is 2.69. The van der Waals surface area contributed by atoms with E-state index in [-0.39, 0.29) is 9.84 Å². The Morgan fingerprint density at radius 2 is 1.12 bits per heavy atom. The Morgan fingerprint density at radius 3 is 1.35 bits per heavy atom. The third-order valence-corrected chi connectivity index (χ3v) is 32.3. The Bertz CT molecular complexity index is 242. The second kappa shape index (κ2) is 5.29. The fraction of sp³-hybridized carbons (Fsp3) is 1.00. The zero-order valence-electron chi connectivity index (χ0n) is 13.2. The summed E-state index contributed by atoms with van der Waals surface area (Å²) in [4.78, 5) is 0. The second-order valence-corrected chi connectivity index (χ2v) is 24.4. The van der Waals surface area contributed by atoms with Crippen LogP contribution in [0, 0.1) is 0 Å². The minimum absolute atomic E-state index is 0.164. The van der Waals surface area contributed by atoms with Gasteiger partial charge in [0.15, 0.2) is 9.84 Å². The van der Waals surface area contributed by atoms with E-state index in [4.69, 9.17) is 0 Å². The van der Waals surface area contributed by atoms with Crippen molar-refractivity contribution in [2.45, 2.75) is 78.8 Å². The van der Waals surface area contributed by atoms with E-state index in [1.165, 1.54) is 12.8 Å². The smallest absolute Gasteiger partial charge is 0.159 e. The highest BCUT2D eigenvalue weighted by atomic mass is 29.3. The second-order valence-electron chi connectivity index (χ2n) is 6.71. The van der Waals surface area contributed by atoms with Gasteiger partial charge in [-0.25, -0.2) is 0 Å². The SMILES string of the molecule is CCC(C)N1[SiH2]N(C(C)CC)[Si](C)(C)[Si]1(C)C. The third kappa shape index (κ3) is 2.49. The molecule has 1 fully saturated rings. The van der Waals surface area contributed by atoms with Crippen molar-refractivity contribution in [3.05, 3.63) is 0 Å². The Labute approximate surface area is 113 Å². The van der Waals surface area contributed by atoms with Gasteiger partial charge in [0.25, 0.3) is 0 Å². The number of hydrogen-bond acceptors (Lipinski definition) is 2. The first kappa shape index (κ1) is 15.6. The van der Waals surface area contributed by atoms with Crippen LogP contribution in [-0.4, -0.2) is 45.9 Å². The van der Waals surface area contributed by atoms with Crippen LogP contribution in [0.4, 0.5) is 0 Å². The highest BCUT2D eigenvalue weighted by molar-refractivity contribution is 7.42. The monoisotopic (exact) mass is 288 g/mol. The molecule has 0 amide bonds. The molecule has 0 aromatic rings. The molecule has 1 aliphatic heterocycles. The summed E-state index contributed by atoms with van der Waals surface area (Å²) in [6.45, 7) is 20.2. The van der Waals surface area contributed by atoms with Crippen LogP contribution in [0.2, 0.25) is 26.2 Å². The summed E-state index contributed by atoms with van der Waals surface area (Å²) < 4.78 is 6.04. The lowest BCUT2D eigenvalue weighted by Crippen LogP contribution is -2.65. The zero-order chi connectivity index (χ0) is 13.4. The van der Waals surface area contributed by atoms with Gasteiger partial charge in [-0.05, 0) is 24.9 Å². The average Bonchev–Trinajstić information content (AvgIpc) is 2.45. The zero-order valence-corrected chi connectivity index (χ0v) is 16.6. The highest BCUT2D eigenvalue weighted by Gasteiger charge is 2.57. The van der Waals surface area contributed by atoms with Crippen LogP contribution in [-0.2, 0) is 0 Å². The summed E-state index contributed by atoms with van der Waals surface area (Å²) in [5.74, 6) is 0. The summed E-state index contributed by atoms with van der Waals surface area (Å²) in [6, 6.07) is 1.65. The van der Waals surface area contributed by atoms with E-state index < -0.39 is 15.5 Å². The van der Waals surface area contributed by atoms with E-state index in [2.05, 4.69) is 62.3 Å². The van der Waals surface area contributed by atoms with E-state index in [0.29, 0.717) is 0 Å². The number of rotatable bonds is 4. The van der Waals surface area contributed by atoms with Crippen molar-refractivity contribution in [3.63, 3.8) is 0 Å². The van der Waals surface area contributed by atoms with E-state index >= 15 is 0 Å². The molecule has 1 aliphatic rings. The van der Waals surface area contributed by atoms with Gasteiger partial charge in [-0.3, -0.25) is 0 Å². The van der Waals surface area contributed by atoms with Gasteiger partial charge in [0.1, 0.15) is 15.5 Å². The van der Waals surface area contributed by atoms with Gasteiger partial charge in [0, 0.05) is 0 Å². The van der Waals surface area contributed by atoms with Gasteiger partial charge in [-0.2, -0.15) is 0 Å². The molecule has 17 heavy (non-hydrogen) atoms. The molecule has 0 aromatic heterocycles. The normalized spacial score (nSPS) is 29.6. The Balaban J connectivity index is 3.02. The summed E-state index contributed by atoms with van der Waals surface area (Å²) in [7, 11) is -2.49. The molecular weight excluding hydrogens is 256 g/mol. The third-order valence-electron chi connectivity index (χ3n) is 5.48. The first-order valence-electron chi connectivity index (χ1n) is 7.23. The molecular formula is C12H32N2Si3. The molecule has 0 N–H and O–H groups in total. The highest BCUT2D eigenvalue weighted by Crippen LogP contribution is 2.35. The maximum absolute atomic E-state index is 3.02. The molecule has 5 heteroatoms. The van der Waals surface area contributed by atoms with Crippen LogP contribution in [0.5, 0.6) is 0 Å². The lowest BCUT2D eigenvalue weighted by molar-refractivity contribution is 0.435. The van der Waals surface area contributed by atoms with E-state index in [1.807, 2.05) is 0 Å². The van der Waals surface area contributed by atoms with Crippen molar-refractivity contribution in [3.8, 4) is 0 Å². The average molecular weight is 289 g/mol. The van der Waals surface area contributed by atoms with E-state index in [9.17, 15) is 0 Å².